The molecular weight excluding hydrogens is 368 g/mol. The first-order chi connectivity index (χ1) is 13.1. The Hall–Kier alpha value is -3.52. The van der Waals surface area contributed by atoms with Gasteiger partial charge in [0.1, 0.15) is 0 Å². The number of aryl methyl sites for hydroxylation is 1. The second-order valence-corrected chi connectivity index (χ2v) is 6.20. The molecule has 0 saturated heterocycles. The summed E-state index contributed by atoms with van der Waals surface area (Å²) in [4.78, 5) is 16.3. The first-order valence-corrected chi connectivity index (χ1v) is 8.37. The fourth-order valence-corrected chi connectivity index (χ4v) is 2.45. The van der Waals surface area contributed by atoms with Crippen molar-refractivity contribution in [1.29, 1.82) is 0 Å². The SMILES string of the molecule is Cc1ccc(NC(=O)c2nc(-c3cn(-c4ccc(Cl)cc4)nn3)no2)cc1. The highest BCUT2D eigenvalue weighted by Crippen LogP contribution is 2.17. The maximum Gasteiger partial charge on any atom is 0.316 e. The van der Waals surface area contributed by atoms with Crippen LogP contribution in [0.5, 0.6) is 0 Å². The Kier molecular flexibility index (Phi) is 4.39. The van der Waals surface area contributed by atoms with Crippen LogP contribution in [-0.2, 0) is 0 Å². The lowest BCUT2D eigenvalue weighted by Gasteiger charge is -2.01. The summed E-state index contributed by atoms with van der Waals surface area (Å²) in [6, 6.07) is 14.5. The quantitative estimate of drug-likeness (QED) is 0.581. The van der Waals surface area contributed by atoms with Gasteiger partial charge in [0.2, 0.25) is 5.82 Å². The molecule has 1 N–H and O–H groups in total. The van der Waals surface area contributed by atoms with Crippen LogP contribution in [0.1, 0.15) is 16.2 Å². The summed E-state index contributed by atoms with van der Waals surface area (Å²) in [7, 11) is 0. The molecule has 0 radical (unpaired) electrons. The second kappa shape index (κ2) is 7.00. The molecule has 4 aromatic rings. The Morgan fingerprint density at radius 1 is 1.11 bits per heavy atom. The first kappa shape index (κ1) is 16.9. The molecule has 2 aromatic heterocycles. The van der Waals surface area contributed by atoms with Crippen molar-refractivity contribution in [2.24, 2.45) is 0 Å². The van der Waals surface area contributed by atoms with Gasteiger partial charge in [-0.25, -0.2) is 4.68 Å². The van der Waals surface area contributed by atoms with Crippen LogP contribution >= 0.6 is 11.6 Å². The summed E-state index contributed by atoms with van der Waals surface area (Å²) < 4.78 is 6.59. The summed E-state index contributed by atoms with van der Waals surface area (Å²) in [6.07, 6.45) is 1.63. The number of benzene rings is 2. The molecule has 8 nitrogen and oxygen atoms in total. The molecule has 0 unspecified atom stereocenters. The van der Waals surface area contributed by atoms with Gasteiger partial charge in [0.05, 0.1) is 11.9 Å². The molecule has 0 fully saturated rings. The zero-order chi connectivity index (χ0) is 18.8. The van der Waals surface area contributed by atoms with E-state index in [2.05, 4.69) is 25.8 Å². The standard InChI is InChI=1S/C18H13ClN6O2/c1-11-2-6-13(7-3-11)20-17(26)18-21-16(23-27-18)15-10-25(24-22-15)14-8-4-12(19)5-9-14/h2-10H,1H3,(H,20,26). The number of halogens is 1. The fourth-order valence-electron chi connectivity index (χ4n) is 2.33. The minimum Gasteiger partial charge on any atom is -0.328 e. The van der Waals surface area contributed by atoms with Gasteiger partial charge in [-0.15, -0.1) is 5.10 Å². The molecule has 27 heavy (non-hydrogen) atoms. The lowest BCUT2D eigenvalue weighted by Crippen LogP contribution is -2.12. The highest BCUT2D eigenvalue weighted by Gasteiger charge is 2.18. The molecular formula is C18H13ClN6O2. The number of nitrogens with one attached hydrogen (secondary N) is 1. The molecule has 9 heteroatoms. The maximum atomic E-state index is 12.2. The number of hydrogen-bond acceptors (Lipinski definition) is 6. The van der Waals surface area contributed by atoms with Crippen LogP contribution in [0.25, 0.3) is 17.2 Å². The fraction of sp³-hybridized carbons (Fsp3) is 0.0556. The van der Waals surface area contributed by atoms with Crippen molar-refractivity contribution in [1.82, 2.24) is 25.1 Å². The normalized spacial score (nSPS) is 10.7. The molecule has 1 amide bonds. The molecule has 0 spiro atoms. The summed E-state index contributed by atoms with van der Waals surface area (Å²) >= 11 is 5.88. The van der Waals surface area contributed by atoms with Gasteiger partial charge in [0.25, 0.3) is 0 Å². The summed E-state index contributed by atoms with van der Waals surface area (Å²) in [5.74, 6) is -0.487. The minimum atomic E-state index is -0.498. The molecule has 4 rings (SSSR count). The van der Waals surface area contributed by atoms with Crippen molar-refractivity contribution < 1.29 is 9.32 Å². The van der Waals surface area contributed by atoms with Crippen LogP contribution in [0.3, 0.4) is 0 Å². The van der Waals surface area contributed by atoms with Crippen LogP contribution in [0.2, 0.25) is 5.02 Å². The molecule has 0 saturated carbocycles. The van der Waals surface area contributed by atoms with Gasteiger partial charge in [-0.1, -0.05) is 39.7 Å². The Morgan fingerprint density at radius 2 is 1.85 bits per heavy atom. The number of anilines is 1. The predicted molar refractivity (Wildman–Crippen MR) is 98.8 cm³/mol. The molecule has 0 aliphatic rings. The van der Waals surface area contributed by atoms with Gasteiger partial charge >= 0.3 is 11.8 Å². The predicted octanol–water partition coefficient (Wildman–Crippen LogP) is 3.53. The highest BCUT2D eigenvalue weighted by molar-refractivity contribution is 6.30. The third-order valence-corrected chi connectivity index (χ3v) is 4.00. The molecule has 0 bridgehead atoms. The number of nitrogens with zero attached hydrogens (tertiary/aromatic N) is 5. The summed E-state index contributed by atoms with van der Waals surface area (Å²) in [5.41, 5.74) is 2.89. The van der Waals surface area contributed by atoms with E-state index in [1.54, 1.807) is 47.3 Å². The van der Waals surface area contributed by atoms with Gasteiger partial charge in [-0.2, -0.15) is 4.98 Å². The van der Waals surface area contributed by atoms with Crippen molar-refractivity contribution in [2.75, 3.05) is 5.32 Å². The number of carbonyl (C=O) groups is 1. The highest BCUT2D eigenvalue weighted by atomic mass is 35.5. The van der Waals surface area contributed by atoms with Gasteiger partial charge < -0.3 is 9.84 Å². The van der Waals surface area contributed by atoms with Crippen LogP contribution in [0, 0.1) is 6.92 Å². The third kappa shape index (κ3) is 3.70. The van der Waals surface area contributed by atoms with Crippen LogP contribution in [-0.4, -0.2) is 31.0 Å². The van der Waals surface area contributed by atoms with Gasteiger partial charge in [-0.3, -0.25) is 4.79 Å². The Labute approximate surface area is 158 Å². The number of rotatable bonds is 4. The molecule has 0 atom stereocenters. The lowest BCUT2D eigenvalue weighted by molar-refractivity contribution is 0.0981. The van der Waals surface area contributed by atoms with E-state index in [9.17, 15) is 4.79 Å². The Balaban J connectivity index is 1.51. The number of aromatic nitrogens is 5. The number of carbonyl (C=O) groups excluding carboxylic acids is 1. The Bertz CT molecular complexity index is 1090. The molecule has 0 aliphatic heterocycles. The topological polar surface area (TPSA) is 98.7 Å². The zero-order valence-corrected chi connectivity index (χ0v) is 14.9. The van der Waals surface area contributed by atoms with Gasteiger partial charge in [-0.05, 0) is 43.3 Å². The van der Waals surface area contributed by atoms with Crippen molar-refractivity contribution in [3.8, 4) is 17.2 Å². The molecule has 0 aliphatic carbocycles. The van der Waals surface area contributed by atoms with Gasteiger partial charge in [0.15, 0.2) is 5.69 Å². The van der Waals surface area contributed by atoms with Crippen molar-refractivity contribution in [3.05, 3.63) is 71.2 Å². The summed E-state index contributed by atoms with van der Waals surface area (Å²) in [5, 5.41) is 15.2. The van der Waals surface area contributed by atoms with E-state index < -0.39 is 5.91 Å². The van der Waals surface area contributed by atoms with Crippen molar-refractivity contribution in [2.45, 2.75) is 6.92 Å². The average molecular weight is 381 g/mol. The van der Waals surface area contributed by atoms with Crippen molar-refractivity contribution >= 4 is 23.2 Å². The molecule has 134 valence electrons. The van der Waals surface area contributed by atoms with Crippen molar-refractivity contribution in [3.63, 3.8) is 0 Å². The van der Waals surface area contributed by atoms with E-state index in [-0.39, 0.29) is 11.7 Å². The number of amides is 1. The third-order valence-electron chi connectivity index (χ3n) is 3.74. The van der Waals surface area contributed by atoms with E-state index in [0.717, 1.165) is 11.3 Å². The monoisotopic (exact) mass is 380 g/mol. The lowest BCUT2D eigenvalue weighted by atomic mass is 10.2. The zero-order valence-electron chi connectivity index (χ0n) is 14.1. The smallest absolute Gasteiger partial charge is 0.316 e. The van der Waals surface area contributed by atoms with E-state index in [1.807, 2.05) is 19.1 Å². The Morgan fingerprint density at radius 3 is 2.59 bits per heavy atom. The van der Waals surface area contributed by atoms with E-state index in [0.29, 0.717) is 16.4 Å². The summed E-state index contributed by atoms with van der Waals surface area (Å²) in [6.45, 7) is 1.97. The first-order valence-electron chi connectivity index (χ1n) is 7.99. The van der Waals surface area contributed by atoms with E-state index in [1.165, 1.54) is 0 Å². The second-order valence-electron chi connectivity index (χ2n) is 5.77. The molecule has 2 heterocycles. The minimum absolute atomic E-state index is 0.161. The number of hydrogen-bond donors (Lipinski definition) is 1. The van der Waals surface area contributed by atoms with E-state index in [4.69, 9.17) is 16.1 Å². The molecule has 2 aromatic carbocycles. The average Bonchev–Trinajstić information content (AvgIpc) is 3.33. The van der Waals surface area contributed by atoms with Crippen LogP contribution in [0.15, 0.2) is 59.3 Å². The van der Waals surface area contributed by atoms with Crippen LogP contribution < -0.4 is 5.32 Å². The van der Waals surface area contributed by atoms with Gasteiger partial charge in [0, 0.05) is 10.7 Å². The maximum absolute atomic E-state index is 12.2. The largest absolute Gasteiger partial charge is 0.328 e. The van der Waals surface area contributed by atoms with Crippen LogP contribution in [0.4, 0.5) is 5.69 Å². The van der Waals surface area contributed by atoms with E-state index >= 15 is 0 Å².